The summed E-state index contributed by atoms with van der Waals surface area (Å²) < 4.78 is 26.5. The number of thiophene rings is 1. The van der Waals surface area contributed by atoms with Crippen molar-refractivity contribution in [1.29, 1.82) is 0 Å². The van der Waals surface area contributed by atoms with Crippen LogP contribution in [0.4, 0.5) is 8.78 Å². The maximum atomic E-state index is 13.3. The standard InChI is InChI=1S/C12H13F2NO3S/c1-7-4-9(19-6-7)10(16)15-3-2-12(13,14)5-8(15)11(17)18/h4,6,8H,2-3,5H2,1H3,(H,17,18). The number of carboxylic acids is 1. The molecule has 1 amide bonds. The number of amides is 1. The number of hydrogen-bond acceptors (Lipinski definition) is 3. The van der Waals surface area contributed by atoms with Crippen LogP contribution in [0.15, 0.2) is 11.4 Å². The van der Waals surface area contributed by atoms with Gasteiger partial charge in [-0.3, -0.25) is 4.79 Å². The van der Waals surface area contributed by atoms with E-state index < -0.39 is 36.7 Å². The van der Waals surface area contributed by atoms with E-state index in [2.05, 4.69) is 0 Å². The molecule has 19 heavy (non-hydrogen) atoms. The fraction of sp³-hybridized carbons (Fsp3) is 0.500. The van der Waals surface area contributed by atoms with Crippen LogP contribution < -0.4 is 0 Å². The van der Waals surface area contributed by atoms with Gasteiger partial charge in [-0.25, -0.2) is 13.6 Å². The van der Waals surface area contributed by atoms with Crippen molar-refractivity contribution in [3.05, 3.63) is 21.9 Å². The molecule has 1 atom stereocenters. The highest BCUT2D eigenvalue weighted by molar-refractivity contribution is 7.12. The third-order valence-corrected chi connectivity index (χ3v) is 4.11. The third kappa shape index (κ3) is 2.91. The quantitative estimate of drug-likeness (QED) is 0.909. The Labute approximate surface area is 112 Å². The molecule has 2 rings (SSSR count). The van der Waals surface area contributed by atoms with Crippen LogP contribution in [0.2, 0.25) is 0 Å². The SMILES string of the molecule is Cc1csc(C(=O)N2CCC(F)(F)CC2C(=O)O)c1. The number of carbonyl (C=O) groups excluding carboxylic acids is 1. The molecule has 4 nitrogen and oxygen atoms in total. The molecule has 0 aliphatic carbocycles. The first-order chi connectivity index (χ1) is 8.80. The Bertz CT molecular complexity index is 515. The van der Waals surface area contributed by atoms with E-state index in [0.717, 1.165) is 10.5 Å². The van der Waals surface area contributed by atoms with Gasteiger partial charge in [-0.15, -0.1) is 11.3 Å². The molecule has 2 heterocycles. The van der Waals surface area contributed by atoms with Gasteiger partial charge >= 0.3 is 5.97 Å². The summed E-state index contributed by atoms with van der Waals surface area (Å²) in [7, 11) is 0. The fourth-order valence-corrected chi connectivity index (χ4v) is 2.94. The molecule has 0 bridgehead atoms. The summed E-state index contributed by atoms with van der Waals surface area (Å²) in [5.41, 5.74) is 0.891. The minimum Gasteiger partial charge on any atom is -0.480 e. The lowest BCUT2D eigenvalue weighted by Crippen LogP contribution is -2.53. The monoisotopic (exact) mass is 289 g/mol. The van der Waals surface area contributed by atoms with Crippen molar-refractivity contribution < 1.29 is 23.5 Å². The van der Waals surface area contributed by atoms with E-state index in [-0.39, 0.29) is 6.54 Å². The second-order valence-corrected chi connectivity index (χ2v) is 5.56. The summed E-state index contributed by atoms with van der Waals surface area (Å²) in [5, 5.41) is 10.8. The summed E-state index contributed by atoms with van der Waals surface area (Å²) in [6.07, 6.45) is -1.31. The molecule has 1 aromatic heterocycles. The summed E-state index contributed by atoms with van der Waals surface area (Å²) in [6.45, 7) is 1.58. The predicted octanol–water partition coefficient (Wildman–Crippen LogP) is 2.38. The summed E-state index contributed by atoms with van der Waals surface area (Å²) in [5.74, 6) is -4.90. The lowest BCUT2D eigenvalue weighted by atomic mass is 9.98. The van der Waals surface area contributed by atoms with Crippen molar-refractivity contribution in [3.63, 3.8) is 0 Å². The average molecular weight is 289 g/mol. The summed E-state index contributed by atoms with van der Waals surface area (Å²) >= 11 is 1.19. The number of carboxylic acid groups (broad SMARTS) is 1. The highest BCUT2D eigenvalue weighted by Crippen LogP contribution is 2.33. The Kier molecular flexibility index (Phi) is 3.58. The van der Waals surface area contributed by atoms with Crippen LogP contribution in [0.25, 0.3) is 0 Å². The van der Waals surface area contributed by atoms with E-state index >= 15 is 0 Å². The number of rotatable bonds is 2. The second-order valence-electron chi connectivity index (χ2n) is 4.65. The van der Waals surface area contributed by atoms with Crippen LogP contribution in [0.1, 0.15) is 28.1 Å². The minimum absolute atomic E-state index is 0.236. The number of piperidine rings is 1. The topological polar surface area (TPSA) is 57.6 Å². The maximum Gasteiger partial charge on any atom is 0.326 e. The summed E-state index contributed by atoms with van der Waals surface area (Å²) in [4.78, 5) is 24.7. The highest BCUT2D eigenvalue weighted by atomic mass is 32.1. The van der Waals surface area contributed by atoms with Crippen molar-refractivity contribution in [2.45, 2.75) is 31.7 Å². The van der Waals surface area contributed by atoms with Crippen LogP contribution in [-0.2, 0) is 4.79 Å². The Balaban J connectivity index is 2.23. The molecule has 1 saturated heterocycles. The van der Waals surface area contributed by atoms with Gasteiger partial charge in [-0.2, -0.15) is 0 Å². The van der Waals surface area contributed by atoms with Gasteiger partial charge in [0.05, 0.1) is 4.88 Å². The van der Waals surface area contributed by atoms with Gasteiger partial charge in [-0.05, 0) is 23.9 Å². The lowest BCUT2D eigenvalue weighted by molar-refractivity contribution is -0.151. The third-order valence-electron chi connectivity index (χ3n) is 3.07. The molecule has 1 fully saturated rings. The molecular formula is C12H13F2NO3S. The van der Waals surface area contributed by atoms with Crippen LogP contribution in [0.3, 0.4) is 0 Å². The van der Waals surface area contributed by atoms with E-state index in [0.29, 0.717) is 4.88 Å². The van der Waals surface area contributed by atoms with Gasteiger partial charge in [0.25, 0.3) is 11.8 Å². The van der Waals surface area contributed by atoms with Gasteiger partial charge in [0.2, 0.25) is 0 Å². The Hall–Kier alpha value is -1.50. The maximum absolute atomic E-state index is 13.3. The number of carbonyl (C=O) groups is 2. The van der Waals surface area contributed by atoms with Gasteiger partial charge in [0, 0.05) is 19.4 Å². The molecule has 104 valence electrons. The minimum atomic E-state index is -3.02. The zero-order valence-corrected chi connectivity index (χ0v) is 11.0. The molecule has 1 N–H and O–H groups in total. The van der Waals surface area contributed by atoms with E-state index in [1.807, 2.05) is 6.92 Å². The smallest absolute Gasteiger partial charge is 0.326 e. The van der Waals surface area contributed by atoms with Gasteiger partial charge in [0.1, 0.15) is 6.04 Å². The van der Waals surface area contributed by atoms with Gasteiger partial charge < -0.3 is 10.0 Å². The van der Waals surface area contributed by atoms with E-state index in [1.54, 1.807) is 11.4 Å². The molecule has 0 saturated carbocycles. The number of hydrogen-bond donors (Lipinski definition) is 1. The first-order valence-electron chi connectivity index (χ1n) is 5.77. The number of nitrogens with zero attached hydrogens (tertiary/aromatic N) is 1. The van der Waals surface area contributed by atoms with Crippen molar-refractivity contribution in [1.82, 2.24) is 4.90 Å². The lowest BCUT2D eigenvalue weighted by Gasteiger charge is -2.36. The van der Waals surface area contributed by atoms with Gasteiger partial charge in [0.15, 0.2) is 0 Å². The molecule has 0 aromatic carbocycles. The van der Waals surface area contributed by atoms with Crippen LogP contribution in [0.5, 0.6) is 0 Å². The molecule has 1 aliphatic heterocycles. The van der Waals surface area contributed by atoms with Crippen molar-refractivity contribution in [2.24, 2.45) is 0 Å². The zero-order chi connectivity index (χ0) is 14.2. The van der Waals surface area contributed by atoms with E-state index in [9.17, 15) is 18.4 Å². The number of aryl methyl sites for hydroxylation is 1. The highest BCUT2D eigenvalue weighted by Gasteiger charge is 2.45. The largest absolute Gasteiger partial charge is 0.480 e. The molecule has 0 spiro atoms. The number of halogens is 2. The predicted molar refractivity (Wildman–Crippen MR) is 65.7 cm³/mol. The summed E-state index contributed by atoms with van der Waals surface area (Å²) in [6, 6.07) is 0.178. The number of alkyl halides is 2. The van der Waals surface area contributed by atoms with E-state index in [1.165, 1.54) is 11.3 Å². The Morgan fingerprint density at radius 2 is 2.21 bits per heavy atom. The average Bonchev–Trinajstić information content (AvgIpc) is 2.74. The first-order valence-corrected chi connectivity index (χ1v) is 6.65. The molecular weight excluding hydrogens is 276 g/mol. The fourth-order valence-electron chi connectivity index (χ4n) is 2.08. The van der Waals surface area contributed by atoms with E-state index in [4.69, 9.17) is 5.11 Å². The first kappa shape index (κ1) is 13.9. The Morgan fingerprint density at radius 3 is 2.74 bits per heavy atom. The molecule has 1 aliphatic rings. The second kappa shape index (κ2) is 4.88. The van der Waals surface area contributed by atoms with Crippen molar-refractivity contribution in [3.8, 4) is 0 Å². The van der Waals surface area contributed by atoms with Crippen molar-refractivity contribution in [2.75, 3.05) is 6.54 Å². The zero-order valence-electron chi connectivity index (χ0n) is 10.2. The normalized spacial score (nSPS) is 22.3. The number of aliphatic carboxylic acids is 1. The molecule has 0 radical (unpaired) electrons. The van der Waals surface area contributed by atoms with Crippen LogP contribution in [-0.4, -0.2) is 40.4 Å². The van der Waals surface area contributed by atoms with Crippen LogP contribution >= 0.6 is 11.3 Å². The number of likely N-dealkylation sites (tertiary alicyclic amines) is 1. The molecule has 1 aromatic rings. The van der Waals surface area contributed by atoms with Crippen LogP contribution in [0, 0.1) is 6.92 Å². The Morgan fingerprint density at radius 1 is 1.53 bits per heavy atom. The molecule has 1 unspecified atom stereocenters. The van der Waals surface area contributed by atoms with Gasteiger partial charge in [-0.1, -0.05) is 0 Å². The van der Waals surface area contributed by atoms with Crippen molar-refractivity contribution >= 4 is 23.2 Å². The molecule has 7 heteroatoms.